The molecular formula is C16H16N2O3S. The van der Waals surface area contributed by atoms with Crippen LogP contribution in [-0.2, 0) is 9.59 Å². The van der Waals surface area contributed by atoms with Gasteiger partial charge in [0.05, 0.1) is 11.7 Å². The zero-order valence-electron chi connectivity index (χ0n) is 12.1. The van der Waals surface area contributed by atoms with Crippen LogP contribution in [0, 0.1) is 5.41 Å². The van der Waals surface area contributed by atoms with E-state index in [1.165, 1.54) is 11.3 Å². The standard InChI is InChI=1S/C16H16N2O3S/c1-10(17-14(19)16(7-8-16)15(20)21)13-18-12(9-22-13)11-5-3-2-4-6-11/h2-6,9-10H,7-8H2,1H3,(H,17,19)(H,20,21). The van der Waals surface area contributed by atoms with Crippen LogP contribution in [0.4, 0.5) is 0 Å². The van der Waals surface area contributed by atoms with E-state index in [9.17, 15) is 9.59 Å². The summed E-state index contributed by atoms with van der Waals surface area (Å²) in [6.07, 6.45) is 0.821. The summed E-state index contributed by atoms with van der Waals surface area (Å²) in [5.41, 5.74) is 0.669. The second-order valence-corrected chi connectivity index (χ2v) is 6.41. The number of hydrogen-bond acceptors (Lipinski definition) is 4. The summed E-state index contributed by atoms with van der Waals surface area (Å²) in [6, 6.07) is 9.50. The van der Waals surface area contributed by atoms with Gasteiger partial charge >= 0.3 is 5.97 Å². The Kier molecular flexibility index (Phi) is 3.70. The molecule has 0 saturated heterocycles. The maximum absolute atomic E-state index is 12.1. The van der Waals surface area contributed by atoms with E-state index in [2.05, 4.69) is 10.3 Å². The van der Waals surface area contributed by atoms with Crippen molar-refractivity contribution in [3.8, 4) is 11.3 Å². The molecule has 0 radical (unpaired) electrons. The molecule has 2 aromatic rings. The van der Waals surface area contributed by atoms with Gasteiger partial charge in [0.2, 0.25) is 5.91 Å². The SMILES string of the molecule is CC(NC(=O)C1(C(=O)O)CC1)c1nc(-c2ccccc2)cs1. The summed E-state index contributed by atoms with van der Waals surface area (Å²) >= 11 is 1.46. The van der Waals surface area contributed by atoms with Crippen molar-refractivity contribution < 1.29 is 14.7 Å². The highest BCUT2D eigenvalue weighted by atomic mass is 32.1. The van der Waals surface area contributed by atoms with Crippen molar-refractivity contribution in [3.63, 3.8) is 0 Å². The number of nitrogens with zero attached hydrogens (tertiary/aromatic N) is 1. The van der Waals surface area contributed by atoms with Gasteiger partial charge in [0.1, 0.15) is 10.4 Å². The maximum atomic E-state index is 12.1. The zero-order chi connectivity index (χ0) is 15.7. The highest BCUT2D eigenvalue weighted by Crippen LogP contribution is 2.46. The summed E-state index contributed by atoms with van der Waals surface area (Å²) in [7, 11) is 0. The number of carbonyl (C=O) groups is 2. The fraction of sp³-hybridized carbons (Fsp3) is 0.312. The van der Waals surface area contributed by atoms with E-state index in [1.54, 1.807) is 0 Å². The monoisotopic (exact) mass is 316 g/mol. The number of amides is 1. The third kappa shape index (κ3) is 2.62. The lowest BCUT2D eigenvalue weighted by Crippen LogP contribution is -2.38. The van der Waals surface area contributed by atoms with Crippen LogP contribution in [0.3, 0.4) is 0 Å². The molecule has 22 heavy (non-hydrogen) atoms. The number of benzene rings is 1. The number of nitrogens with one attached hydrogen (secondary N) is 1. The molecular weight excluding hydrogens is 300 g/mol. The first-order valence-corrected chi connectivity index (χ1v) is 7.96. The largest absolute Gasteiger partial charge is 0.480 e. The Morgan fingerprint density at radius 2 is 2.00 bits per heavy atom. The second-order valence-electron chi connectivity index (χ2n) is 5.52. The fourth-order valence-electron chi connectivity index (χ4n) is 2.29. The lowest BCUT2D eigenvalue weighted by atomic mass is 10.1. The van der Waals surface area contributed by atoms with E-state index in [0.717, 1.165) is 16.3 Å². The second kappa shape index (κ2) is 5.53. The highest BCUT2D eigenvalue weighted by molar-refractivity contribution is 7.10. The van der Waals surface area contributed by atoms with E-state index in [0.29, 0.717) is 12.8 Å². The Bertz CT molecular complexity index is 707. The van der Waals surface area contributed by atoms with Gasteiger partial charge in [0.25, 0.3) is 0 Å². The number of carbonyl (C=O) groups excluding carboxylic acids is 1. The minimum Gasteiger partial charge on any atom is -0.480 e. The molecule has 1 heterocycles. The summed E-state index contributed by atoms with van der Waals surface area (Å²) < 4.78 is 0. The maximum Gasteiger partial charge on any atom is 0.319 e. The van der Waals surface area contributed by atoms with Gasteiger partial charge in [-0.05, 0) is 19.8 Å². The molecule has 1 atom stereocenters. The van der Waals surface area contributed by atoms with Crippen LogP contribution in [0.15, 0.2) is 35.7 Å². The first-order valence-electron chi connectivity index (χ1n) is 7.08. The van der Waals surface area contributed by atoms with Crippen molar-refractivity contribution in [2.75, 3.05) is 0 Å². The van der Waals surface area contributed by atoms with E-state index >= 15 is 0 Å². The van der Waals surface area contributed by atoms with E-state index in [4.69, 9.17) is 5.11 Å². The van der Waals surface area contributed by atoms with Crippen LogP contribution in [0.5, 0.6) is 0 Å². The van der Waals surface area contributed by atoms with Crippen molar-refractivity contribution >= 4 is 23.2 Å². The number of rotatable bonds is 5. The summed E-state index contributed by atoms with van der Waals surface area (Å²) in [5, 5.41) is 14.6. The van der Waals surface area contributed by atoms with E-state index in [-0.39, 0.29) is 6.04 Å². The Labute approximate surface area is 132 Å². The average molecular weight is 316 g/mol. The number of aromatic nitrogens is 1. The molecule has 3 rings (SSSR count). The first kappa shape index (κ1) is 14.7. The van der Waals surface area contributed by atoms with Gasteiger partial charge in [0.15, 0.2) is 0 Å². The van der Waals surface area contributed by atoms with Crippen LogP contribution in [-0.4, -0.2) is 22.0 Å². The Hall–Kier alpha value is -2.21. The molecule has 1 saturated carbocycles. The molecule has 1 fully saturated rings. The van der Waals surface area contributed by atoms with Gasteiger partial charge in [-0.1, -0.05) is 30.3 Å². The molecule has 0 aliphatic heterocycles. The molecule has 114 valence electrons. The molecule has 5 nitrogen and oxygen atoms in total. The predicted molar refractivity (Wildman–Crippen MR) is 83.4 cm³/mol. The first-order chi connectivity index (χ1) is 10.5. The molecule has 1 aromatic heterocycles. The number of aliphatic carboxylic acids is 1. The number of carboxylic acid groups (broad SMARTS) is 1. The van der Waals surface area contributed by atoms with Gasteiger partial charge in [-0.3, -0.25) is 9.59 Å². The Morgan fingerprint density at radius 3 is 2.59 bits per heavy atom. The van der Waals surface area contributed by atoms with Crippen molar-refractivity contribution in [1.29, 1.82) is 0 Å². The third-order valence-corrected chi connectivity index (χ3v) is 4.93. The molecule has 0 bridgehead atoms. The number of hydrogen-bond donors (Lipinski definition) is 2. The van der Waals surface area contributed by atoms with Crippen LogP contribution >= 0.6 is 11.3 Å². The summed E-state index contributed by atoms with van der Waals surface area (Å²) in [4.78, 5) is 27.8. The predicted octanol–water partition coefficient (Wildman–Crippen LogP) is 2.85. The van der Waals surface area contributed by atoms with Crippen LogP contribution in [0.25, 0.3) is 11.3 Å². The molecule has 1 aromatic carbocycles. The average Bonchev–Trinajstić information content (AvgIpc) is 3.19. The molecule has 2 N–H and O–H groups in total. The van der Waals surface area contributed by atoms with E-state index < -0.39 is 17.3 Å². The third-order valence-electron chi connectivity index (χ3n) is 3.90. The summed E-state index contributed by atoms with van der Waals surface area (Å²) in [5.74, 6) is -1.45. The van der Waals surface area contributed by atoms with E-state index in [1.807, 2.05) is 42.6 Å². The topological polar surface area (TPSA) is 79.3 Å². The zero-order valence-corrected chi connectivity index (χ0v) is 12.9. The minimum atomic E-state index is -1.21. The normalized spacial score (nSPS) is 16.8. The van der Waals surface area contributed by atoms with Gasteiger partial charge in [-0.15, -0.1) is 11.3 Å². The van der Waals surface area contributed by atoms with Gasteiger partial charge in [-0.25, -0.2) is 4.98 Å². The minimum absolute atomic E-state index is 0.299. The van der Waals surface area contributed by atoms with Crippen LogP contribution in [0.1, 0.15) is 30.8 Å². The number of carboxylic acids is 1. The Morgan fingerprint density at radius 1 is 1.32 bits per heavy atom. The molecule has 6 heteroatoms. The van der Waals surface area contributed by atoms with Crippen molar-refractivity contribution in [2.24, 2.45) is 5.41 Å². The Balaban J connectivity index is 1.71. The number of thiazole rings is 1. The van der Waals surface area contributed by atoms with Crippen LogP contribution < -0.4 is 5.32 Å². The summed E-state index contributed by atoms with van der Waals surface area (Å²) in [6.45, 7) is 1.82. The smallest absolute Gasteiger partial charge is 0.319 e. The van der Waals surface area contributed by atoms with Crippen LogP contribution in [0.2, 0.25) is 0 Å². The molecule has 1 aliphatic carbocycles. The van der Waals surface area contributed by atoms with Crippen molar-refractivity contribution in [3.05, 3.63) is 40.7 Å². The quantitative estimate of drug-likeness (QED) is 0.831. The molecule has 0 spiro atoms. The molecule has 1 aliphatic rings. The van der Waals surface area contributed by atoms with Crippen molar-refractivity contribution in [2.45, 2.75) is 25.8 Å². The molecule has 1 unspecified atom stereocenters. The lowest BCUT2D eigenvalue weighted by molar-refractivity contribution is -0.149. The highest BCUT2D eigenvalue weighted by Gasteiger charge is 2.57. The molecule has 1 amide bonds. The van der Waals surface area contributed by atoms with Gasteiger partial charge in [-0.2, -0.15) is 0 Å². The fourth-order valence-corrected chi connectivity index (χ4v) is 3.12. The van der Waals surface area contributed by atoms with Crippen molar-refractivity contribution in [1.82, 2.24) is 10.3 Å². The lowest BCUT2D eigenvalue weighted by Gasteiger charge is -2.15. The van der Waals surface area contributed by atoms with Gasteiger partial charge in [0, 0.05) is 10.9 Å². The van der Waals surface area contributed by atoms with Gasteiger partial charge < -0.3 is 10.4 Å².